The number of rotatable bonds is 4. The zero-order valence-electron chi connectivity index (χ0n) is 15.8. The van der Waals surface area contributed by atoms with Crippen molar-refractivity contribution in [3.63, 3.8) is 0 Å². The van der Waals surface area contributed by atoms with Crippen LogP contribution < -0.4 is 10.2 Å². The monoisotopic (exact) mass is 376 g/mol. The molecule has 0 radical (unpaired) electrons. The second kappa shape index (κ2) is 7.22. The van der Waals surface area contributed by atoms with Gasteiger partial charge in [-0.15, -0.1) is 0 Å². The van der Waals surface area contributed by atoms with Gasteiger partial charge in [0, 0.05) is 25.2 Å². The molecule has 1 aliphatic carbocycles. The molecule has 28 heavy (non-hydrogen) atoms. The Labute approximate surface area is 163 Å². The minimum absolute atomic E-state index is 0.0127. The first-order chi connectivity index (χ1) is 13.8. The second-order valence-electron chi connectivity index (χ2n) is 7.67. The van der Waals surface area contributed by atoms with E-state index in [4.69, 9.17) is 0 Å². The Morgan fingerprint density at radius 3 is 2.96 bits per heavy atom. The van der Waals surface area contributed by atoms with Crippen LogP contribution >= 0.6 is 0 Å². The zero-order valence-corrected chi connectivity index (χ0v) is 15.8. The Balaban J connectivity index is 1.36. The molecule has 1 atom stereocenters. The lowest BCUT2D eigenvalue weighted by molar-refractivity contribution is -0.125. The Bertz CT molecular complexity index is 999. The molecule has 0 spiro atoms. The molecule has 2 aliphatic rings. The maximum Gasteiger partial charge on any atom is 0.254 e. The lowest BCUT2D eigenvalue weighted by atomic mass is 9.96. The van der Waals surface area contributed by atoms with Crippen LogP contribution in [0.4, 0.5) is 5.82 Å². The van der Waals surface area contributed by atoms with Crippen molar-refractivity contribution in [3.05, 3.63) is 53.5 Å². The fourth-order valence-electron chi connectivity index (χ4n) is 4.44. The zero-order chi connectivity index (χ0) is 18.9. The number of aryl methyl sites for hydroxylation is 1. The van der Waals surface area contributed by atoms with E-state index < -0.39 is 0 Å². The first-order valence-corrected chi connectivity index (χ1v) is 10.1. The van der Waals surface area contributed by atoms with Crippen LogP contribution in [0.25, 0.3) is 5.78 Å². The molecular weight excluding hydrogens is 352 g/mol. The third-order valence-electron chi connectivity index (χ3n) is 5.83. The normalized spacial score (nSPS) is 19.0. The molecule has 7 heteroatoms. The number of piperidine rings is 1. The Hall–Kier alpha value is -2.96. The van der Waals surface area contributed by atoms with Crippen LogP contribution in [-0.2, 0) is 24.2 Å². The van der Waals surface area contributed by atoms with Gasteiger partial charge in [-0.25, -0.2) is 4.98 Å². The van der Waals surface area contributed by atoms with E-state index in [1.807, 2.05) is 34.8 Å². The third kappa shape index (κ3) is 3.10. The van der Waals surface area contributed by atoms with Gasteiger partial charge in [-0.3, -0.25) is 4.79 Å². The van der Waals surface area contributed by atoms with E-state index in [9.17, 15) is 4.79 Å². The van der Waals surface area contributed by atoms with Gasteiger partial charge in [-0.2, -0.15) is 14.6 Å². The number of nitrogens with one attached hydrogen (secondary N) is 1. The van der Waals surface area contributed by atoms with Crippen molar-refractivity contribution in [1.29, 1.82) is 0 Å². The summed E-state index contributed by atoms with van der Waals surface area (Å²) in [4.78, 5) is 24.1. The number of carbonyl (C=O) groups excluding carboxylic acids is 1. The van der Waals surface area contributed by atoms with Crippen molar-refractivity contribution >= 4 is 17.5 Å². The number of anilines is 1. The van der Waals surface area contributed by atoms with Gasteiger partial charge >= 0.3 is 0 Å². The van der Waals surface area contributed by atoms with Crippen LogP contribution in [0.15, 0.2) is 36.7 Å². The summed E-state index contributed by atoms with van der Waals surface area (Å²) in [6.45, 7) is 2.23. The summed E-state index contributed by atoms with van der Waals surface area (Å²) in [6, 6.07) is 10.1. The molecule has 1 saturated heterocycles. The molecule has 7 nitrogen and oxygen atoms in total. The summed E-state index contributed by atoms with van der Waals surface area (Å²) >= 11 is 0. The van der Waals surface area contributed by atoms with Gasteiger partial charge in [0.2, 0.25) is 5.91 Å². The molecule has 2 aromatic heterocycles. The summed E-state index contributed by atoms with van der Waals surface area (Å²) in [7, 11) is 0. The molecular formula is C21H24N6O. The lowest BCUT2D eigenvalue weighted by Gasteiger charge is -2.34. The van der Waals surface area contributed by atoms with Crippen molar-refractivity contribution in [3.8, 4) is 0 Å². The number of nitrogens with zero attached hydrogens (tertiary/aromatic N) is 5. The number of amides is 1. The highest BCUT2D eigenvalue weighted by molar-refractivity contribution is 5.79. The van der Waals surface area contributed by atoms with E-state index in [0.29, 0.717) is 18.9 Å². The molecule has 1 N–H and O–H groups in total. The number of carbonyl (C=O) groups is 1. The predicted octanol–water partition coefficient (Wildman–Crippen LogP) is 2.15. The minimum atomic E-state index is -0.0127. The average molecular weight is 376 g/mol. The Kier molecular flexibility index (Phi) is 4.43. The second-order valence-corrected chi connectivity index (χ2v) is 7.67. The fraction of sp³-hybridized carbons (Fsp3) is 0.429. The summed E-state index contributed by atoms with van der Waals surface area (Å²) in [5.41, 5.74) is 3.55. The SMILES string of the molecule is O=C(NCc1ccccc1)C1CCCN(c2c3c(nc4ncnn24)CCC3)C1. The molecule has 3 aromatic rings. The smallest absolute Gasteiger partial charge is 0.254 e. The number of aromatic nitrogens is 4. The maximum absolute atomic E-state index is 12.8. The van der Waals surface area contributed by atoms with Gasteiger partial charge < -0.3 is 10.2 Å². The van der Waals surface area contributed by atoms with E-state index in [-0.39, 0.29) is 11.8 Å². The highest BCUT2D eigenvalue weighted by Crippen LogP contribution is 2.33. The quantitative estimate of drug-likeness (QED) is 0.755. The maximum atomic E-state index is 12.8. The molecule has 5 rings (SSSR count). The molecule has 0 bridgehead atoms. The molecule has 144 valence electrons. The third-order valence-corrected chi connectivity index (χ3v) is 5.83. The number of fused-ring (bicyclic) bond motifs is 2. The van der Waals surface area contributed by atoms with E-state index in [0.717, 1.165) is 55.7 Å². The van der Waals surface area contributed by atoms with Gasteiger partial charge in [-0.1, -0.05) is 30.3 Å². The lowest BCUT2D eigenvalue weighted by Crippen LogP contribution is -2.44. The Morgan fingerprint density at radius 2 is 2.07 bits per heavy atom. The molecule has 1 amide bonds. The van der Waals surface area contributed by atoms with Crippen LogP contribution in [0.3, 0.4) is 0 Å². The highest BCUT2D eigenvalue weighted by atomic mass is 16.1. The number of hydrogen-bond acceptors (Lipinski definition) is 5. The van der Waals surface area contributed by atoms with E-state index in [1.165, 1.54) is 5.56 Å². The first kappa shape index (κ1) is 17.2. The summed E-state index contributed by atoms with van der Waals surface area (Å²) in [6.07, 6.45) is 6.63. The van der Waals surface area contributed by atoms with Crippen molar-refractivity contribution < 1.29 is 4.79 Å². The van der Waals surface area contributed by atoms with Crippen LogP contribution in [0.1, 0.15) is 36.1 Å². The van der Waals surface area contributed by atoms with Crippen LogP contribution in [0.5, 0.6) is 0 Å². The topological polar surface area (TPSA) is 75.4 Å². The van der Waals surface area contributed by atoms with Crippen LogP contribution in [-0.4, -0.2) is 38.6 Å². The molecule has 1 aromatic carbocycles. The number of hydrogen-bond donors (Lipinski definition) is 1. The highest BCUT2D eigenvalue weighted by Gasteiger charge is 2.31. The Morgan fingerprint density at radius 1 is 1.18 bits per heavy atom. The van der Waals surface area contributed by atoms with Gasteiger partial charge in [0.05, 0.1) is 11.6 Å². The van der Waals surface area contributed by atoms with Crippen molar-refractivity contribution in [1.82, 2.24) is 24.9 Å². The van der Waals surface area contributed by atoms with Crippen molar-refractivity contribution in [2.45, 2.75) is 38.6 Å². The van der Waals surface area contributed by atoms with Crippen molar-refractivity contribution in [2.75, 3.05) is 18.0 Å². The van der Waals surface area contributed by atoms with Gasteiger partial charge in [0.15, 0.2) is 0 Å². The largest absolute Gasteiger partial charge is 0.355 e. The van der Waals surface area contributed by atoms with Gasteiger partial charge in [-0.05, 0) is 37.7 Å². The molecule has 1 fully saturated rings. The van der Waals surface area contributed by atoms with E-state index in [1.54, 1.807) is 6.33 Å². The standard InChI is InChI=1S/C21H24N6O/c28-19(22-12-15-6-2-1-3-7-15)16-8-5-11-26(13-16)20-17-9-4-10-18(17)25-21-23-14-24-27(20)21/h1-3,6-7,14,16H,4-5,8-13H2,(H,22,28). The first-order valence-electron chi connectivity index (χ1n) is 10.1. The summed E-state index contributed by atoms with van der Waals surface area (Å²) in [5, 5.41) is 7.53. The molecule has 0 saturated carbocycles. The average Bonchev–Trinajstić information content (AvgIpc) is 3.40. The molecule has 3 heterocycles. The van der Waals surface area contributed by atoms with Crippen molar-refractivity contribution in [2.24, 2.45) is 5.92 Å². The number of benzene rings is 1. The summed E-state index contributed by atoms with van der Waals surface area (Å²) < 4.78 is 1.86. The summed E-state index contributed by atoms with van der Waals surface area (Å²) in [5.74, 6) is 1.87. The van der Waals surface area contributed by atoms with E-state index in [2.05, 4.69) is 25.3 Å². The van der Waals surface area contributed by atoms with E-state index >= 15 is 0 Å². The van der Waals surface area contributed by atoms with Gasteiger partial charge in [0.25, 0.3) is 5.78 Å². The van der Waals surface area contributed by atoms with Crippen LogP contribution in [0.2, 0.25) is 0 Å². The minimum Gasteiger partial charge on any atom is -0.355 e. The molecule has 1 aliphatic heterocycles. The fourth-order valence-corrected chi connectivity index (χ4v) is 4.44. The van der Waals surface area contributed by atoms with Gasteiger partial charge in [0.1, 0.15) is 12.1 Å². The predicted molar refractivity (Wildman–Crippen MR) is 106 cm³/mol. The molecule has 1 unspecified atom stereocenters. The van der Waals surface area contributed by atoms with Crippen LogP contribution in [0, 0.1) is 5.92 Å².